The lowest BCUT2D eigenvalue weighted by atomic mass is 10.00. The fraction of sp³-hybridized carbons (Fsp3) is 0.261. The van der Waals surface area contributed by atoms with Crippen molar-refractivity contribution in [2.45, 2.75) is 32.6 Å². The van der Waals surface area contributed by atoms with Gasteiger partial charge in [-0.15, -0.1) is 0 Å². The molecule has 1 aromatic heterocycles. The standard InChI is InChI=1S/C21H21ClN4O3.C2HF3O2/c1-12(27)23-14-4-2-13(3-5-14)10-26-7-6-18-16(11-26)21(25-24-18)15-8-17(22)20(29)9-19(15)28;3-2(4,5)1(6)7/h2-5,8-9,28-29H,6-7,10-11H2,1H3,(H,23,27)(H,24,25);(H,6,7). The second-order valence-electron chi connectivity index (χ2n) is 7.99. The van der Waals surface area contributed by atoms with Crippen LogP contribution < -0.4 is 5.32 Å². The summed E-state index contributed by atoms with van der Waals surface area (Å²) < 4.78 is 31.7. The van der Waals surface area contributed by atoms with E-state index in [1.165, 1.54) is 19.1 Å². The van der Waals surface area contributed by atoms with Gasteiger partial charge in [0.25, 0.3) is 0 Å². The van der Waals surface area contributed by atoms with Crippen molar-refractivity contribution in [2.75, 3.05) is 11.9 Å². The van der Waals surface area contributed by atoms with Gasteiger partial charge in [0, 0.05) is 61.6 Å². The predicted molar refractivity (Wildman–Crippen MR) is 125 cm³/mol. The molecule has 0 radical (unpaired) electrons. The number of carboxylic acids is 1. The van der Waals surface area contributed by atoms with E-state index in [9.17, 15) is 28.2 Å². The minimum absolute atomic E-state index is 0.0631. The number of carbonyl (C=O) groups is 2. The Morgan fingerprint density at radius 1 is 1.17 bits per heavy atom. The molecule has 0 aliphatic carbocycles. The second kappa shape index (κ2) is 10.9. The zero-order valence-corrected chi connectivity index (χ0v) is 19.6. The highest BCUT2D eigenvalue weighted by atomic mass is 35.5. The number of aliphatic carboxylic acids is 1. The third kappa shape index (κ3) is 6.67. The topological polar surface area (TPSA) is 139 Å². The number of phenols is 2. The first kappa shape index (κ1) is 26.8. The Bertz CT molecular complexity index is 1260. The molecule has 0 bridgehead atoms. The molecule has 9 nitrogen and oxygen atoms in total. The molecule has 4 rings (SSSR count). The van der Waals surface area contributed by atoms with Gasteiger partial charge in [0.2, 0.25) is 5.91 Å². The molecule has 5 N–H and O–H groups in total. The van der Waals surface area contributed by atoms with Crippen LogP contribution in [-0.4, -0.2) is 55.0 Å². The molecule has 1 amide bonds. The van der Waals surface area contributed by atoms with Gasteiger partial charge < -0.3 is 20.6 Å². The Labute approximate surface area is 208 Å². The van der Waals surface area contributed by atoms with Crippen molar-refractivity contribution in [3.8, 4) is 22.8 Å². The van der Waals surface area contributed by atoms with E-state index in [4.69, 9.17) is 21.5 Å². The van der Waals surface area contributed by atoms with Crippen LogP contribution in [0.2, 0.25) is 5.02 Å². The van der Waals surface area contributed by atoms with Gasteiger partial charge in [0.1, 0.15) is 17.2 Å². The van der Waals surface area contributed by atoms with Crippen LogP contribution in [0.4, 0.5) is 18.9 Å². The largest absolute Gasteiger partial charge is 0.507 e. The summed E-state index contributed by atoms with van der Waals surface area (Å²) in [5.41, 5.74) is 5.11. The van der Waals surface area contributed by atoms with Crippen LogP contribution in [0, 0.1) is 0 Å². The van der Waals surface area contributed by atoms with Crippen molar-refractivity contribution in [2.24, 2.45) is 0 Å². The molecule has 0 saturated heterocycles. The smallest absolute Gasteiger partial charge is 0.490 e. The number of phenolic OH excluding ortho intramolecular Hbond substituents is 2. The lowest BCUT2D eigenvalue weighted by Crippen LogP contribution is -2.30. The Kier molecular flexibility index (Phi) is 8.10. The fourth-order valence-corrected chi connectivity index (χ4v) is 3.77. The number of H-pyrrole nitrogens is 1. The monoisotopic (exact) mass is 526 g/mol. The molecule has 0 fully saturated rings. The SMILES string of the molecule is CC(=O)Nc1ccc(CN2CCc3[nH]nc(-c4cc(Cl)c(O)cc4O)c3C2)cc1.O=C(O)C(F)(F)F. The van der Waals surface area contributed by atoms with E-state index < -0.39 is 12.1 Å². The summed E-state index contributed by atoms with van der Waals surface area (Å²) in [6.45, 7) is 3.80. The van der Waals surface area contributed by atoms with Gasteiger partial charge in [-0.05, 0) is 23.8 Å². The van der Waals surface area contributed by atoms with Crippen molar-refractivity contribution in [3.63, 3.8) is 0 Å². The number of hydrogen-bond acceptors (Lipinski definition) is 6. The molecule has 192 valence electrons. The summed E-state index contributed by atoms with van der Waals surface area (Å²) >= 11 is 6.03. The summed E-state index contributed by atoms with van der Waals surface area (Å²) in [5.74, 6) is -3.08. The molecule has 13 heteroatoms. The van der Waals surface area contributed by atoms with Crippen LogP contribution in [0.3, 0.4) is 0 Å². The third-order valence-electron chi connectivity index (χ3n) is 5.26. The van der Waals surface area contributed by atoms with E-state index in [-0.39, 0.29) is 22.4 Å². The van der Waals surface area contributed by atoms with E-state index in [0.29, 0.717) is 17.8 Å². The molecule has 36 heavy (non-hydrogen) atoms. The van der Waals surface area contributed by atoms with Gasteiger partial charge >= 0.3 is 12.1 Å². The molecule has 0 unspecified atom stereocenters. The van der Waals surface area contributed by atoms with Crippen LogP contribution in [0.15, 0.2) is 36.4 Å². The normalized spacial score (nSPS) is 13.4. The minimum atomic E-state index is -5.08. The zero-order valence-electron chi connectivity index (χ0n) is 18.9. The van der Waals surface area contributed by atoms with Crippen LogP contribution in [0.1, 0.15) is 23.7 Å². The number of nitrogens with zero attached hydrogens (tertiary/aromatic N) is 2. The number of nitrogens with one attached hydrogen (secondary N) is 2. The number of hydrogen-bond donors (Lipinski definition) is 5. The number of benzene rings is 2. The second-order valence-corrected chi connectivity index (χ2v) is 8.40. The summed E-state index contributed by atoms with van der Waals surface area (Å²) in [4.78, 5) is 22.3. The summed E-state index contributed by atoms with van der Waals surface area (Å²) in [5, 5.41) is 37.5. The molecule has 1 aliphatic heterocycles. The molecule has 0 saturated carbocycles. The lowest BCUT2D eigenvalue weighted by molar-refractivity contribution is -0.192. The van der Waals surface area contributed by atoms with E-state index in [0.717, 1.165) is 42.0 Å². The summed E-state index contributed by atoms with van der Waals surface area (Å²) in [6.07, 6.45) is -4.26. The van der Waals surface area contributed by atoms with Crippen LogP contribution >= 0.6 is 11.6 Å². The van der Waals surface area contributed by atoms with E-state index in [2.05, 4.69) is 20.4 Å². The zero-order chi connectivity index (χ0) is 26.6. The van der Waals surface area contributed by atoms with Gasteiger partial charge in [-0.25, -0.2) is 4.79 Å². The number of halogens is 4. The lowest BCUT2D eigenvalue weighted by Gasteiger charge is -2.27. The van der Waals surface area contributed by atoms with Crippen molar-refractivity contribution in [1.82, 2.24) is 15.1 Å². The molecule has 0 spiro atoms. The number of alkyl halides is 3. The molecule has 1 aliphatic rings. The first-order valence-electron chi connectivity index (χ1n) is 10.5. The Balaban J connectivity index is 0.000000454. The van der Waals surface area contributed by atoms with E-state index >= 15 is 0 Å². The van der Waals surface area contributed by atoms with Crippen LogP contribution in [0.5, 0.6) is 11.5 Å². The number of carbonyl (C=O) groups excluding carboxylic acids is 1. The highest BCUT2D eigenvalue weighted by molar-refractivity contribution is 6.32. The van der Waals surface area contributed by atoms with Crippen molar-refractivity contribution < 1.29 is 38.1 Å². The maximum absolute atomic E-state index is 11.2. The maximum atomic E-state index is 11.2. The highest BCUT2D eigenvalue weighted by Crippen LogP contribution is 2.39. The summed E-state index contributed by atoms with van der Waals surface area (Å²) in [7, 11) is 0. The van der Waals surface area contributed by atoms with Crippen LogP contribution in [-0.2, 0) is 29.1 Å². The molecule has 2 aromatic carbocycles. The molecule has 0 atom stereocenters. The van der Waals surface area contributed by atoms with Gasteiger partial charge in [-0.2, -0.15) is 18.3 Å². The Hall–Kier alpha value is -3.77. The number of rotatable bonds is 4. The number of fused-ring (bicyclic) bond motifs is 1. The number of aromatic hydroxyl groups is 2. The van der Waals surface area contributed by atoms with E-state index in [1.54, 1.807) is 0 Å². The fourth-order valence-electron chi connectivity index (χ4n) is 3.60. The van der Waals surface area contributed by atoms with E-state index in [1.807, 2.05) is 24.3 Å². The molecular weight excluding hydrogens is 505 g/mol. The quantitative estimate of drug-likeness (QED) is 0.342. The highest BCUT2D eigenvalue weighted by Gasteiger charge is 2.38. The maximum Gasteiger partial charge on any atom is 0.490 e. The number of aromatic amines is 1. The number of anilines is 1. The van der Waals surface area contributed by atoms with Gasteiger partial charge in [-0.3, -0.25) is 14.8 Å². The Morgan fingerprint density at radius 2 is 1.81 bits per heavy atom. The van der Waals surface area contributed by atoms with Gasteiger partial charge in [-0.1, -0.05) is 23.7 Å². The van der Waals surface area contributed by atoms with Crippen molar-refractivity contribution in [3.05, 3.63) is 58.2 Å². The first-order chi connectivity index (χ1) is 16.8. The van der Waals surface area contributed by atoms with Gasteiger partial charge in [0.15, 0.2) is 0 Å². The number of aromatic nitrogens is 2. The van der Waals surface area contributed by atoms with Crippen molar-refractivity contribution in [1.29, 1.82) is 0 Å². The minimum Gasteiger partial charge on any atom is -0.507 e. The average molecular weight is 527 g/mol. The third-order valence-corrected chi connectivity index (χ3v) is 5.56. The molecule has 2 heterocycles. The number of amides is 1. The predicted octanol–water partition coefficient (Wildman–Crippen LogP) is 4.29. The van der Waals surface area contributed by atoms with Crippen LogP contribution in [0.25, 0.3) is 11.3 Å². The molecule has 3 aromatic rings. The number of carboxylic acid groups (broad SMARTS) is 1. The average Bonchev–Trinajstić information content (AvgIpc) is 3.20. The van der Waals surface area contributed by atoms with Crippen molar-refractivity contribution >= 4 is 29.2 Å². The Morgan fingerprint density at radius 3 is 2.39 bits per heavy atom. The first-order valence-corrected chi connectivity index (χ1v) is 10.9. The van der Waals surface area contributed by atoms with Gasteiger partial charge in [0.05, 0.1) is 5.02 Å². The summed E-state index contributed by atoms with van der Waals surface area (Å²) in [6, 6.07) is 10.6. The molecular formula is C23H22ClF3N4O5.